The number of hydrogen-bond acceptors (Lipinski definition) is 4. The second-order valence-corrected chi connectivity index (χ2v) is 5.50. The molecule has 22 heavy (non-hydrogen) atoms. The van der Waals surface area contributed by atoms with E-state index < -0.39 is 0 Å². The monoisotopic (exact) mass is 415 g/mol. The molecule has 0 aliphatic heterocycles. The van der Waals surface area contributed by atoms with E-state index in [9.17, 15) is 4.79 Å². The van der Waals surface area contributed by atoms with E-state index in [2.05, 4.69) is 40.4 Å². The van der Waals surface area contributed by atoms with Crippen molar-refractivity contribution >= 4 is 62.1 Å². The SMILES string of the molecule is NCc1ccc(Cl)cc1.O=C(CBr)c1ccccc1.S=C=S. The summed E-state index contributed by atoms with van der Waals surface area (Å²) in [5.74, 6) is 0.126. The van der Waals surface area contributed by atoms with Crippen LogP contribution in [0, 0.1) is 0 Å². The molecule has 0 saturated carbocycles. The molecule has 2 rings (SSSR count). The Kier molecular flexibility index (Phi) is 13.1. The van der Waals surface area contributed by atoms with E-state index in [-0.39, 0.29) is 5.78 Å². The van der Waals surface area contributed by atoms with Gasteiger partial charge < -0.3 is 5.73 Å². The Balaban J connectivity index is 0.000000342. The van der Waals surface area contributed by atoms with E-state index in [1.807, 2.05) is 58.9 Å². The minimum absolute atomic E-state index is 0.126. The summed E-state index contributed by atoms with van der Waals surface area (Å²) in [4.78, 5) is 11.0. The van der Waals surface area contributed by atoms with Crippen molar-refractivity contribution in [3.63, 3.8) is 0 Å². The highest BCUT2D eigenvalue weighted by Gasteiger charge is 1.99. The number of benzene rings is 2. The second-order valence-electron chi connectivity index (χ2n) is 3.84. The van der Waals surface area contributed by atoms with Crippen molar-refractivity contribution in [2.75, 3.05) is 5.33 Å². The Morgan fingerprint density at radius 3 is 2.00 bits per heavy atom. The molecule has 2 aromatic rings. The van der Waals surface area contributed by atoms with Crippen LogP contribution in [0.2, 0.25) is 5.02 Å². The lowest BCUT2D eigenvalue weighted by Crippen LogP contribution is -1.98. The summed E-state index contributed by atoms with van der Waals surface area (Å²) in [7, 11) is 0. The quantitative estimate of drug-likeness (QED) is 0.430. The van der Waals surface area contributed by atoms with Gasteiger partial charge in [0.05, 0.1) is 5.33 Å². The van der Waals surface area contributed by atoms with Crippen molar-refractivity contribution in [2.45, 2.75) is 6.54 Å². The number of carbonyl (C=O) groups excluding carboxylic acids is 1. The molecule has 0 radical (unpaired) electrons. The van der Waals surface area contributed by atoms with Gasteiger partial charge in [0.2, 0.25) is 0 Å². The molecule has 0 unspecified atom stereocenters. The standard InChI is InChI=1S/C8H7BrO.C7H8ClN.CS2/c9-6-8(10)7-4-2-1-3-5-7;8-7-3-1-6(5-9)2-4-7;2-1-3/h1-5H,6H2;1-4H,5,9H2;. The summed E-state index contributed by atoms with van der Waals surface area (Å²) in [5, 5.41) is 1.16. The third-order valence-electron chi connectivity index (χ3n) is 2.37. The molecule has 2 nitrogen and oxygen atoms in total. The first-order valence-electron chi connectivity index (χ1n) is 6.17. The maximum Gasteiger partial charge on any atom is 0.173 e. The minimum atomic E-state index is 0.126. The Morgan fingerprint density at radius 1 is 1.09 bits per heavy atom. The maximum absolute atomic E-state index is 11.0. The van der Waals surface area contributed by atoms with Crippen molar-refractivity contribution in [3.8, 4) is 0 Å². The predicted molar refractivity (Wildman–Crippen MR) is 104 cm³/mol. The van der Waals surface area contributed by atoms with Gasteiger partial charge in [0.1, 0.15) is 0 Å². The van der Waals surface area contributed by atoms with Gasteiger partial charge in [0.15, 0.2) is 5.78 Å². The van der Waals surface area contributed by atoms with E-state index in [1.165, 1.54) is 0 Å². The molecule has 0 bridgehead atoms. The van der Waals surface area contributed by atoms with Gasteiger partial charge in [0.25, 0.3) is 0 Å². The fourth-order valence-corrected chi connectivity index (χ4v) is 1.77. The molecule has 0 spiro atoms. The highest BCUT2D eigenvalue weighted by molar-refractivity contribution is 9.09. The van der Waals surface area contributed by atoms with Gasteiger partial charge in [-0.05, 0) is 42.1 Å². The van der Waals surface area contributed by atoms with Gasteiger partial charge in [-0.2, -0.15) is 0 Å². The summed E-state index contributed by atoms with van der Waals surface area (Å²) < 4.78 is 1.92. The number of halogens is 2. The number of Topliss-reactive ketones (excluding diaryl/α,β-unsaturated/α-hetero) is 1. The first-order valence-corrected chi connectivity index (χ1v) is 8.48. The molecule has 6 heteroatoms. The molecule has 0 saturated heterocycles. The number of alkyl halides is 1. The van der Waals surface area contributed by atoms with Crippen molar-refractivity contribution in [3.05, 3.63) is 70.7 Å². The zero-order chi connectivity index (χ0) is 16.8. The fraction of sp³-hybridized carbons (Fsp3) is 0.125. The van der Waals surface area contributed by atoms with Crippen LogP contribution >= 0.6 is 52.0 Å². The third kappa shape index (κ3) is 9.90. The highest BCUT2D eigenvalue weighted by atomic mass is 79.9. The highest BCUT2D eigenvalue weighted by Crippen LogP contribution is 2.08. The van der Waals surface area contributed by atoms with Gasteiger partial charge in [-0.3, -0.25) is 4.79 Å². The fourth-order valence-electron chi connectivity index (χ4n) is 1.32. The molecule has 2 N–H and O–H groups in total. The van der Waals surface area contributed by atoms with Crippen LogP contribution in [-0.4, -0.2) is 15.4 Å². The zero-order valence-corrected chi connectivity index (χ0v) is 15.6. The second kappa shape index (κ2) is 13.7. The number of rotatable bonds is 3. The number of hydrogen-bond donors (Lipinski definition) is 1. The molecule has 0 aromatic heterocycles. The van der Waals surface area contributed by atoms with E-state index in [0.717, 1.165) is 16.1 Å². The van der Waals surface area contributed by atoms with E-state index in [1.54, 1.807) is 0 Å². The average Bonchev–Trinajstić information content (AvgIpc) is 2.57. The van der Waals surface area contributed by atoms with Gasteiger partial charge in [-0.25, -0.2) is 0 Å². The molecule has 0 amide bonds. The molecule has 116 valence electrons. The molecule has 0 aliphatic carbocycles. The van der Waals surface area contributed by atoms with Crippen LogP contribution in [0.3, 0.4) is 0 Å². The summed E-state index contributed by atoms with van der Waals surface area (Å²) in [6.45, 7) is 0.581. The van der Waals surface area contributed by atoms with Crippen molar-refractivity contribution < 1.29 is 4.79 Å². The van der Waals surface area contributed by atoms with Crippen LogP contribution < -0.4 is 5.73 Å². The summed E-state index contributed by atoms with van der Waals surface area (Å²) in [6, 6.07) is 16.7. The third-order valence-corrected chi connectivity index (χ3v) is 3.13. The lowest BCUT2D eigenvalue weighted by molar-refractivity contribution is 0.102. The zero-order valence-electron chi connectivity index (χ0n) is 11.7. The Labute approximate surface area is 154 Å². The summed E-state index contributed by atoms with van der Waals surface area (Å²) in [5.41, 5.74) is 7.23. The Hall–Kier alpha value is -0.940. The van der Waals surface area contributed by atoms with Crippen molar-refractivity contribution in [2.24, 2.45) is 5.73 Å². The molecule has 0 atom stereocenters. The molecule has 0 aliphatic rings. The molecule has 0 fully saturated rings. The van der Waals surface area contributed by atoms with E-state index in [0.29, 0.717) is 11.9 Å². The first kappa shape index (κ1) is 21.1. The van der Waals surface area contributed by atoms with E-state index in [4.69, 9.17) is 17.3 Å². The van der Waals surface area contributed by atoms with Crippen LogP contribution in [0.5, 0.6) is 0 Å². The first-order chi connectivity index (χ1) is 10.6. The molecule has 0 heterocycles. The molecular formula is C16H15BrClNOS2. The minimum Gasteiger partial charge on any atom is -0.326 e. The summed E-state index contributed by atoms with van der Waals surface area (Å²) in [6.07, 6.45) is 0. The Morgan fingerprint density at radius 2 is 1.59 bits per heavy atom. The normalized spacial score (nSPS) is 8.50. The van der Waals surface area contributed by atoms with Crippen LogP contribution in [0.1, 0.15) is 15.9 Å². The summed E-state index contributed by atoms with van der Waals surface area (Å²) >= 11 is 16.6. The molecule has 2 aromatic carbocycles. The van der Waals surface area contributed by atoms with Crippen LogP contribution in [0.25, 0.3) is 0 Å². The van der Waals surface area contributed by atoms with E-state index >= 15 is 0 Å². The van der Waals surface area contributed by atoms with Crippen LogP contribution in [0.15, 0.2) is 54.6 Å². The molecular weight excluding hydrogens is 402 g/mol. The van der Waals surface area contributed by atoms with Gasteiger partial charge >= 0.3 is 0 Å². The smallest absolute Gasteiger partial charge is 0.173 e. The topological polar surface area (TPSA) is 43.1 Å². The maximum atomic E-state index is 11.0. The van der Waals surface area contributed by atoms with Crippen molar-refractivity contribution in [1.29, 1.82) is 0 Å². The number of thiocarbonyl (C=S) groups is 2. The largest absolute Gasteiger partial charge is 0.326 e. The Bertz CT molecular complexity index is 585. The average molecular weight is 417 g/mol. The predicted octanol–water partition coefficient (Wildman–Crippen LogP) is 5.08. The van der Waals surface area contributed by atoms with Crippen LogP contribution in [0.4, 0.5) is 0 Å². The van der Waals surface area contributed by atoms with Gasteiger partial charge in [-0.15, -0.1) is 0 Å². The van der Waals surface area contributed by atoms with Crippen LogP contribution in [-0.2, 0) is 6.54 Å². The number of carbonyl (C=O) groups is 1. The number of ketones is 1. The van der Waals surface area contributed by atoms with Gasteiger partial charge in [-0.1, -0.05) is 70.0 Å². The number of nitrogens with two attached hydrogens (primary N) is 1. The van der Waals surface area contributed by atoms with Gasteiger partial charge in [0, 0.05) is 21.4 Å². The van der Waals surface area contributed by atoms with Crippen molar-refractivity contribution in [1.82, 2.24) is 0 Å². The lowest BCUT2D eigenvalue weighted by Gasteiger charge is -1.93. The lowest BCUT2D eigenvalue weighted by atomic mass is 10.2.